The third-order valence-electron chi connectivity index (χ3n) is 11.6. The number of nitrogens with one attached hydrogen (secondary N) is 1. The molecule has 56 heavy (non-hydrogen) atoms. The molecule has 2 atom stereocenters. The molecule has 3 N–H and O–H groups in total. The third-order valence-corrected chi connectivity index (χ3v) is 11.6. The molecule has 0 heterocycles. The molecule has 0 spiro atoms. The molecule has 0 aromatic carbocycles. The predicted octanol–water partition coefficient (Wildman–Crippen LogP) is 16.1. The highest BCUT2D eigenvalue weighted by molar-refractivity contribution is 5.76. The van der Waals surface area contributed by atoms with E-state index < -0.39 is 12.1 Å². The highest BCUT2D eigenvalue weighted by Crippen LogP contribution is 2.16. The summed E-state index contributed by atoms with van der Waals surface area (Å²) in [6, 6.07) is -0.623. The molecule has 330 valence electrons. The molecule has 4 heteroatoms. The Kier molecular flexibility index (Phi) is 46.8. The molecule has 0 aromatic heterocycles. The van der Waals surface area contributed by atoms with Gasteiger partial charge in [-0.2, -0.15) is 0 Å². The SMILES string of the molecule is CCCCCCC/C=C\C/C=C\CCCCCCCCCCCCCC(=O)NC(CO)C(O)/C=C/CCCCCCCCCCCCCCCCCCCCC. The van der Waals surface area contributed by atoms with Crippen LogP contribution in [0.15, 0.2) is 36.5 Å². The fourth-order valence-corrected chi connectivity index (χ4v) is 7.74. The van der Waals surface area contributed by atoms with Crippen molar-refractivity contribution in [2.24, 2.45) is 0 Å². The van der Waals surface area contributed by atoms with Gasteiger partial charge in [0.05, 0.1) is 18.8 Å². The van der Waals surface area contributed by atoms with E-state index >= 15 is 0 Å². The first-order valence-electron chi connectivity index (χ1n) is 25.2. The predicted molar refractivity (Wildman–Crippen MR) is 248 cm³/mol. The highest BCUT2D eigenvalue weighted by atomic mass is 16.3. The lowest BCUT2D eigenvalue weighted by molar-refractivity contribution is -0.123. The van der Waals surface area contributed by atoms with E-state index in [2.05, 4.69) is 43.5 Å². The van der Waals surface area contributed by atoms with Crippen molar-refractivity contribution >= 4 is 5.91 Å². The van der Waals surface area contributed by atoms with Gasteiger partial charge in [-0.05, 0) is 51.4 Å². The number of hydrogen-bond donors (Lipinski definition) is 3. The van der Waals surface area contributed by atoms with E-state index in [0.717, 1.165) is 32.1 Å². The molecule has 0 fully saturated rings. The zero-order chi connectivity index (χ0) is 40.7. The van der Waals surface area contributed by atoms with Crippen LogP contribution in [0, 0.1) is 0 Å². The molecule has 0 rings (SSSR count). The smallest absolute Gasteiger partial charge is 0.220 e. The van der Waals surface area contributed by atoms with E-state index in [-0.39, 0.29) is 12.5 Å². The van der Waals surface area contributed by atoms with Gasteiger partial charge in [-0.25, -0.2) is 0 Å². The Morgan fingerprint density at radius 1 is 0.429 bits per heavy atom. The Hall–Kier alpha value is -1.39. The van der Waals surface area contributed by atoms with E-state index in [1.54, 1.807) is 6.08 Å². The second-order valence-electron chi connectivity index (χ2n) is 17.2. The lowest BCUT2D eigenvalue weighted by Crippen LogP contribution is -2.45. The molecule has 0 saturated carbocycles. The molecular weight excluding hydrogens is 687 g/mol. The monoisotopic (exact) mass is 786 g/mol. The lowest BCUT2D eigenvalue weighted by atomic mass is 10.0. The quantitative estimate of drug-likeness (QED) is 0.0425. The molecule has 0 aliphatic carbocycles. The van der Waals surface area contributed by atoms with Crippen LogP contribution < -0.4 is 5.32 Å². The largest absolute Gasteiger partial charge is 0.394 e. The summed E-state index contributed by atoms with van der Waals surface area (Å²) in [6.07, 6.45) is 64.1. The first kappa shape index (κ1) is 54.6. The van der Waals surface area contributed by atoms with Crippen LogP contribution in [0.4, 0.5) is 0 Å². The number of carbonyl (C=O) groups is 1. The Labute approximate surface area is 351 Å². The Bertz CT molecular complexity index is 851. The second kappa shape index (κ2) is 48.0. The Balaban J connectivity index is 3.53. The third kappa shape index (κ3) is 43.7. The van der Waals surface area contributed by atoms with Gasteiger partial charge in [-0.15, -0.1) is 0 Å². The summed E-state index contributed by atoms with van der Waals surface area (Å²) in [5, 5.41) is 23.1. The van der Waals surface area contributed by atoms with Crippen molar-refractivity contribution in [3.05, 3.63) is 36.5 Å². The van der Waals surface area contributed by atoms with Crippen LogP contribution in [0.3, 0.4) is 0 Å². The zero-order valence-electron chi connectivity index (χ0n) is 37.9. The van der Waals surface area contributed by atoms with Gasteiger partial charge in [0.2, 0.25) is 5.91 Å². The van der Waals surface area contributed by atoms with Crippen LogP contribution in [-0.2, 0) is 4.79 Å². The van der Waals surface area contributed by atoms with E-state index in [1.807, 2.05) is 6.08 Å². The Morgan fingerprint density at radius 3 is 1.07 bits per heavy atom. The molecule has 2 unspecified atom stereocenters. The summed E-state index contributed by atoms with van der Waals surface area (Å²) < 4.78 is 0. The van der Waals surface area contributed by atoms with Crippen molar-refractivity contribution in [1.82, 2.24) is 5.32 Å². The van der Waals surface area contributed by atoms with Crippen LogP contribution in [0.1, 0.15) is 271 Å². The molecule has 0 radical (unpaired) electrons. The minimum absolute atomic E-state index is 0.0638. The number of carbonyl (C=O) groups excluding carboxylic acids is 1. The number of rotatable bonds is 46. The fourth-order valence-electron chi connectivity index (χ4n) is 7.74. The highest BCUT2D eigenvalue weighted by Gasteiger charge is 2.18. The molecule has 4 nitrogen and oxygen atoms in total. The molecule has 0 saturated heterocycles. The molecule has 0 aliphatic heterocycles. The van der Waals surface area contributed by atoms with Gasteiger partial charge in [0, 0.05) is 6.42 Å². The maximum atomic E-state index is 12.4. The van der Waals surface area contributed by atoms with Crippen molar-refractivity contribution in [3.63, 3.8) is 0 Å². The molecule has 0 bridgehead atoms. The van der Waals surface area contributed by atoms with Gasteiger partial charge in [0.15, 0.2) is 0 Å². The van der Waals surface area contributed by atoms with Gasteiger partial charge < -0.3 is 15.5 Å². The minimum atomic E-state index is -0.840. The number of aliphatic hydroxyl groups excluding tert-OH is 2. The first-order chi connectivity index (χ1) is 27.7. The number of allylic oxidation sites excluding steroid dienone is 5. The summed E-state index contributed by atoms with van der Waals surface area (Å²) in [5.41, 5.74) is 0. The van der Waals surface area contributed by atoms with Crippen molar-refractivity contribution in [2.45, 2.75) is 283 Å². The van der Waals surface area contributed by atoms with E-state index in [1.165, 1.54) is 218 Å². The standard InChI is InChI=1S/C52H99NO3/c1-3-5-7-9-11-13-15-17-19-21-23-25-26-28-30-32-34-36-38-40-42-44-46-48-52(56)53-50(49-54)51(55)47-45-43-41-39-37-35-33-31-29-27-24-22-20-18-16-14-12-10-8-6-4-2/h15,17,21,23,45,47,50-51,54-55H,3-14,16,18-20,22,24-44,46,48-49H2,1-2H3,(H,53,56)/b17-15-,23-21-,47-45+. The summed E-state index contributed by atoms with van der Waals surface area (Å²) in [6.45, 7) is 4.32. The normalized spacial score (nSPS) is 13.1. The molecular formula is C52H99NO3. The lowest BCUT2D eigenvalue weighted by Gasteiger charge is -2.20. The molecule has 0 aromatic rings. The van der Waals surface area contributed by atoms with Gasteiger partial charge >= 0.3 is 0 Å². The van der Waals surface area contributed by atoms with Crippen LogP contribution in [-0.4, -0.2) is 34.9 Å². The van der Waals surface area contributed by atoms with E-state index in [0.29, 0.717) is 6.42 Å². The van der Waals surface area contributed by atoms with Gasteiger partial charge in [-0.1, -0.05) is 249 Å². The van der Waals surface area contributed by atoms with Crippen molar-refractivity contribution in [2.75, 3.05) is 6.61 Å². The van der Waals surface area contributed by atoms with Gasteiger partial charge in [-0.3, -0.25) is 4.79 Å². The van der Waals surface area contributed by atoms with Crippen molar-refractivity contribution < 1.29 is 15.0 Å². The summed E-state index contributed by atoms with van der Waals surface area (Å²) in [7, 11) is 0. The Morgan fingerprint density at radius 2 is 0.732 bits per heavy atom. The average Bonchev–Trinajstić information content (AvgIpc) is 3.20. The number of unbranched alkanes of at least 4 members (excludes halogenated alkanes) is 35. The average molecular weight is 786 g/mol. The molecule has 1 amide bonds. The summed E-state index contributed by atoms with van der Waals surface area (Å²) >= 11 is 0. The number of aliphatic hydroxyl groups is 2. The minimum Gasteiger partial charge on any atom is -0.394 e. The second-order valence-corrected chi connectivity index (χ2v) is 17.2. The zero-order valence-corrected chi connectivity index (χ0v) is 37.9. The first-order valence-corrected chi connectivity index (χ1v) is 25.2. The van der Waals surface area contributed by atoms with Gasteiger partial charge in [0.25, 0.3) is 0 Å². The number of amides is 1. The van der Waals surface area contributed by atoms with E-state index in [9.17, 15) is 15.0 Å². The van der Waals surface area contributed by atoms with Crippen LogP contribution in [0.2, 0.25) is 0 Å². The summed E-state index contributed by atoms with van der Waals surface area (Å²) in [5.74, 6) is -0.0638. The van der Waals surface area contributed by atoms with Crippen molar-refractivity contribution in [1.29, 1.82) is 0 Å². The number of hydrogen-bond acceptors (Lipinski definition) is 3. The fraction of sp³-hybridized carbons (Fsp3) is 0.865. The van der Waals surface area contributed by atoms with Crippen molar-refractivity contribution in [3.8, 4) is 0 Å². The topological polar surface area (TPSA) is 69.6 Å². The summed E-state index contributed by atoms with van der Waals surface area (Å²) in [4.78, 5) is 12.4. The van der Waals surface area contributed by atoms with Gasteiger partial charge in [0.1, 0.15) is 0 Å². The van der Waals surface area contributed by atoms with Crippen LogP contribution in [0.25, 0.3) is 0 Å². The van der Waals surface area contributed by atoms with Crippen LogP contribution in [0.5, 0.6) is 0 Å². The van der Waals surface area contributed by atoms with E-state index in [4.69, 9.17) is 0 Å². The van der Waals surface area contributed by atoms with Crippen LogP contribution >= 0.6 is 0 Å². The maximum Gasteiger partial charge on any atom is 0.220 e. The molecule has 0 aliphatic rings. The maximum absolute atomic E-state index is 12.4.